The number of nitrogens with zero attached hydrogens (tertiary/aromatic N) is 2. The molecule has 0 radical (unpaired) electrons. The topological polar surface area (TPSA) is 82.3 Å². The van der Waals surface area contributed by atoms with Crippen LogP contribution in [0.15, 0.2) is 30.3 Å². The molecule has 1 aromatic heterocycles. The van der Waals surface area contributed by atoms with Crippen LogP contribution in [0.4, 0.5) is 11.6 Å². The number of hydrogen-bond donors (Lipinski definition) is 2. The first-order valence-electron chi connectivity index (χ1n) is 6.73. The summed E-state index contributed by atoms with van der Waals surface area (Å²) < 4.78 is 10.4. The van der Waals surface area contributed by atoms with Gasteiger partial charge < -0.3 is 20.5 Å². The average Bonchev–Trinajstić information content (AvgIpc) is 2.46. The number of ether oxygens (including phenoxy) is 2. The van der Waals surface area contributed by atoms with Crippen molar-refractivity contribution in [1.82, 2.24) is 9.97 Å². The highest BCUT2D eigenvalue weighted by molar-refractivity contribution is 5.45. The van der Waals surface area contributed by atoms with Gasteiger partial charge in [-0.1, -0.05) is 12.1 Å². The van der Waals surface area contributed by atoms with Crippen LogP contribution in [0.1, 0.15) is 11.4 Å². The summed E-state index contributed by atoms with van der Waals surface area (Å²) in [5.74, 6) is 2.67. The van der Waals surface area contributed by atoms with E-state index in [0.717, 1.165) is 17.1 Å². The number of anilines is 2. The molecule has 0 saturated carbocycles. The molecule has 0 amide bonds. The number of aromatic nitrogens is 2. The van der Waals surface area contributed by atoms with Crippen molar-refractivity contribution in [2.45, 2.75) is 13.5 Å². The van der Waals surface area contributed by atoms with E-state index in [1.807, 2.05) is 31.2 Å². The molecular weight excluding hydrogens is 268 g/mol. The third-order valence-corrected chi connectivity index (χ3v) is 2.81. The third kappa shape index (κ3) is 4.92. The van der Waals surface area contributed by atoms with Gasteiger partial charge in [-0.2, -0.15) is 0 Å². The largest absolute Gasteiger partial charge is 0.491 e. The summed E-state index contributed by atoms with van der Waals surface area (Å²) in [7, 11) is 1.65. The highest BCUT2D eigenvalue weighted by atomic mass is 16.5. The van der Waals surface area contributed by atoms with E-state index >= 15 is 0 Å². The molecule has 1 aromatic carbocycles. The fraction of sp³-hybridized carbons (Fsp3) is 0.333. The normalized spacial score (nSPS) is 10.4. The van der Waals surface area contributed by atoms with Crippen LogP contribution >= 0.6 is 0 Å². The summed E-state index contributed by atoms with van der Waals surface area (Å²) in [6, 6.07) is 9.60. The fourth-order valence-electron chi connectivity index (χ4n) is 1.82. The van der Waals surface area contributed by atoms with E-state index < -0.39 is 0 Å². The molecule has 0 bridgehead atoms. The summed E-state index contributed by atoms with van der Waals surface area (Å²) in [6.07, 6.45) is 0. The molecule has 112 valence electrons. The number of aryl methyl sites for hydroxylation is 1. The molecule has 0 saturated heterocycles. The minimum Gasteiger partial charge on any atom is -0.491 e. The molecule has 2 rings (SSSR count). The Morgan fingerprint density at radius 3 is 2.57 bits per heavy atom. The highest BCUT2D eigenvalue weighted by Gasteiger charge is 2.00. The fourth-order valence-corrected chi connectivity index (χ4v) is 1.82. The molecule has 0 aliphatic heterocycles. The predicted molar refractivity (Wildman–Crippen MR) is 82.3 cm³/mol. The van der Waals surface area contributed by atoms with Gasteiger partial charge in [0.2, 0.25) is 0 Å². The number of nitrogen functional groups attached to an aromatic ring is 1. The molecule has 0 fully saturated rings. The first-order chi connectivity index (χ1) is 10.2. The van der Waals surface area contributed by atoms with Gasteiger partial charge >= 0.3 is 0 Å². The van der Waals surface area contributed by atoms with Crippen molar-refractivity contribution in [3.8, 4) is 5.75 Å². The van der Waals surface area contributed by atoms with E-state index in [2.05, 4.69) is 15.3 Å². The first-order valence-corrected chi connectivity index (χ1v) is 6.73. The summed E-state index contributed by atoms with van der Waals surface area (Å²) >= 11 is 0. The predicted octanol–water partition coefficient (Wildman–Crippen LogP) is 2.00. The molecule has 3 N–H and O–H groups in total. The van der Waals surface area contributed by atoms with Gasteiger partial charge in [-0.25, -0.2) is 9.97 Å². The summed E-state index contributed by atoms with van der Waals surface area (Å²) in [4.78, 5) is 8.31. The lowest BCUT2D eigenvalue weighted by Gasteiger charge is -2.09. The molecule has 0 aliphatic carbocycles. The molecule has 1 heterocycles. The Labute approximate surface area is 124 Å². The second-order valence-corrected chi connectivity index (χ2v) is 4.56. The van der Waals surface area contributed by atoms with Gasteiger partial charge in [0.25, 0.3) is 0 Å². The van der Waals surface area contributed by atoms with Crippen molar-refractivity contribution in [2.75, 3.05) is 31.4 Å². The lowest BCUT2D eigenvalue weighted by atomic mass is 10.2. The van der Waals surface area contributed by atoms with Gasteiger partial charge in [0.15, 0.2) is 0 Å². The van der Waals surface area contributed by atoms with Crippen LogP contribution in [-0.4, -0.2) is 30.3 Å². The maximum atomic E-state index is 5.69. The Bertz CT molecular complexity index is 552. The van der Waals surface area contributed by atoms with Crippen molar-refractivity contribution in [2.24, 2.45) is 0 Å². The zero-order valence-corrected chi connectivity index (χ0v) is 12.3. The number of benzene rings is 1. The molecule has 0 spiro atoms. The van der Waals surface area contributed by atoms with E-state index in [9.17, 15) is 0 Å². The molecule has 0 unspecified atom stereocenters. The van der Waals surface area contributed by atoms with Crippen LogP contribution in [0.5, 0.6) is 5.75 Å². The lowest BCUT2D eigenvalue weighted by molar-refractivity contribution is 0.146. The van der Waals surface area contributed by atoms with Crippen LogP contribution < -0.4 is 15.8 Å². The first kappa shape index (κ1) is 15.1. The van der Waals surface area contributed by atoms with Gasteiger partial charge in [0, 0.05) is 19.7 Å². The third-order valence-electron chi connectivity index (χ3n) is 2.81. The number of nitrogens with two attached hydrogens (primary N) is 1. The van der Waals surface area contributed by atoms with Crippen LogP contribution in [0.2, 0.25) is 0 Å². The van der Waals surface area contributed by atoms with E-state index in [4.69, 9.17) is 15.2 Å². The second kappa shape index (κ2) is 7.44. The Kier molecular flexibility index (Phi) is 5.34. The Morgan fingerprint density at radius 1 is 1.14 bits per heavy atom. The van der Waals surface area contributed by atoms with Crippen molar-refractivity contribution >= 4 is 11.6 Å². The monoisotopic (exact) mass is 288 g/mol. The summed E-state index contributed by atoms with van der Waals surface area (Å²) in [5.41, 5.74) is 6.82. The summed E-state index contributed by atoms with van der Waals surface area (Å²) in [6.45, 7) is 3.60. The van der Waals surface area contributed by atoms with Crippen LogP contribution in [0, 0.1) is 6.92 Å². The quantitative estimate of drug-likeness (QED) is 0.758. The average molecular weight is 288 g/mol. The smallest absolute Gasteiger partial charge is 0.132 e. The zero-order chi connectivity index (χ0) is 15.1. The second-order valence-electron chi connectivity index (χ2n) is 4.56. The van der Waals surface area contributed by atoms with E-state index in [-0.39, 0.29) is 0 Å². The van der Waals surface area contributed by atoms with Crippen molar-refractivity contribution in [3.05, 3.63) is 41.7 Å². The highest BCUT2D eigenvalue weighted by Crippen LogP contribution is 2.14. The molecular formula is C15H20N4O2. The van der Waals surface area contributed by atoms with Crippen LogP contribution in [0.25, 0.3) is 0 Å². The van der Waals surface area contributed by atoms with E-state index in [1.54, 1.807) is 13.2 Å². The maximum Gasteiger partial charge on any atom is 0.132 e. The number of hydrogen-bond acceptors (Lipinski definition) is 6. The Hall–Kier alpha value is -2.34. The zero-order valence-electron chi connectivity index (χ0n) is 12.3. The van der Waals surface area contributed by atoms with Crippen LogP contribution in [-0.2, 0) is 11.3 Å². The molecule has 6 nitrogen and oxygen atoms in total. The van der Waals surface area contributed by atoms with Crippen molar-refractivity contribution in [1.29, 1.82) is 0 Å². The van der Waals surface area contributed by atoms with Gasteiger partial charge in [-0.3, -0.25) is 0 Å². The molecule has 6 heteroatoms. The van der Waals surface area contributed by atoms with Gasteiger partial charge in [0.05, 0.1) is 6.61 Å². The Balaban J connectivity index is 1.88. The lowest BCUT2D eigenvalue weighted by Crippen LogP contribution is -2.06. The molecule has 0 atom stereocenters. The molecule has 0 aliphatic rings. The molecule has 2 aromatic rings. The van der Waals surface area contributed by atoms with Gasteiger partial charge in [-0.05, 0) is 24.6 Å². The van der Waals surface area contributed by atoms with Crippen LogP contribution in [0.3, 0.4) is 0 Å². The Morgan fingerprint density at radius 2 is 1.90 bits per heavy atom. The number of methoxy groups -OCH3 is 1. The van der Waals surface area contributed by atoms with Gasteiger partial charge in [0.1, 0.15) is 29.8 Å². The minimum atomic E-state index is 0.465. The van der Waals surface area contributed by atoms with Crippen molar-refractivity contribution in [3.63, 3.8) is 0 Å². The van der Waals surface area contributed by atoms with E-state index in [1.165, 1.54) is 0 Å². The summed E-state index contributed by atoms with van der Waals surface area (Å²) in [5, 5.41) is 3.22. The maximum absolute atomic E-state index is 5.69. The molecule has 21 heavy (non-hydrogen) atoms. The number of rotatable bonds is 7. The standard InChI is InChI=1S/C15H20N4O2/c1-11-18-14(16)9-15(19-11)17-10-12-3-5-13(6-4-12)21-8-7-20-2/h3-6,9H,7-8,10H2,1-2H3,(H3,16,17,18,19). The van der Waals surface area contributed by atoms with Gasteiger partial charge in [-0.15, -0.1) is 0 Å². The minimum absolute atomic E-state index is 0.465. The number of nitrogens with one attached hydrogen (secondary N) is 1. The van der Waals surface area contributed by atoms with Crippen molar-refractivity contribution < 1.29 is 9.47 Å². The van der Waals surface area contributed by atoms with E-state index in [0.29, 0.717) is 31.4 Å². The SMILES string of the molecule is COCCOc1ccc(CNc2cc(N)nc(C)n2)cc1.